The molecule has 0 spiro atoms. The van der Waals surface area contributed by atoms with Gasteiger partial charge in [0.15, 0.2) is 0 Å². The smallest absolute Gasteiger partial charge is 0.237 e. The molecule has 1 aromatic rings. The van der Waals surface area contributed by atoms with E-state index in [0.29, 0.717) is 11.4 Å². The van der Waals surface area contributed by atoms with E-state index in [9.17, 15) is 0 Å². The lowest BCUT2D eigenvalue weighted by Gasteiger charge is -2.56. The molecule has 0 radical (unpaired) electrons. The van der Waals surface area contributed by atoms with Crippen LogP contribution in [-0.4, -0.2) is 9.97 Å². The Morgan fingerprint density at radius 1 is 1.00 bits per heavy atom. The highest BCUT2D eigenvalue weighted by Gasteiger charge is 2.51. The first kappa shape index (κ1) is 10.7. The summed E-state index contributed by atoms with van der Waals surface area (Å²) in [5.74, 6) is 8.73. The van der Waals surface area contributed by atoms with Gasteiger partial charge in [0.05, 0.1) is 0 Å². The third-order valence-corrected chi connectivity index (χ3v) is 5.43. The number of nitrogens with zero attached hydrogens (tertiary/aromatic N) is 2. The van der Waals surface area contributed by atoms with Crippen LogP contribution in [0.15, 0.2) is 12.4 Å². The summed E-state index contributed by atoms with van der Waals surface area (Å²) in [7, 11) is 0. The number of hydrogen-bond donors (Lipinski definition) is 2. The van der Waals surface area contributed by atoms with Crippen molar-refractivity contribution < 1.29 is 0 Å². The first-order valence-corrected chi connectivity index (χ1v) is 7.06. The van der Waals surface area contributed by atoms with Gasteiger partial charge in [-0.3, -0.25) is 5.43 Å². The molecule has 0 unspecified atom stereocenters. The van der Waals surface area contributed by atoms with E-state index in [1.54, 1.807) is 0 Å². The zero-order valence-corrected chi connectivity index (χ0v) is 10.6. The van der Waals surface area contributed by atoms with Crippen molar-refractivity contribution in [3.05, 3.63) is 18.0 Å². The summed E-state index contributed by atoms with van der Waals surface area (Å²) in [5.41, 5.74) is 4.24. The first-order valence-electron chi connectivity index (χ1n) is 7.06. The van der Waals surface area contributed by atoms with Gasteiger partial charge in [-0.15, -0.1) is 0 Å². The van der Waals surface area contributed by atoms with Gasteiger partial charge in [0.25, 0.3) is 0 Å². The lowest BCUT2D eigenvalue weighted by molar-refractivity contribution is -0.00548. The van der Waals surface area contributed by atoms with E-state index < -0.39 is 0 Å². The number of nitrogen functional groups attached to an aromatic ring is 1. The van der Waals surface area contributed by atoms with Crippen LogP contribution < -0.4 is 11.3 Å². The van der Waals surface area contributed by atoms with Crippen molar-refractivity contribution in [2.24, 2.45) is 23.6 Å². The number of nitrogens with two attached hydrogens (primary N) is 1. The summed E-state index contributed by atoms with van der Waals surface area (Å²) in [5, 5.41) is 0. The molecule has 18 heavy (non-hydrogen) atoms. The molecular formula is C14H20N4. The maximum atomic E-state index is 5.33. The van der Waals surface area contributed by atoms with Crippen LogP contribution in [0.2, 0.25) is 0 Å². The lowest BCUT2D eigenvalue weighted by atomic mass is 9.48. The van der Waals surface area contributed by atoms with Gasteiger partial charge < -0.3 is 0 Å². The third kappa shape index (κ3) is 1.48. The van der Waals surface area contributed by atoms with E-state index in [1.807, 2.05) is 12.4 Å². The van der Waals surface area contributed by atoms with Crippen molar-refractivity contribution in [3.8, 4) is 0 Å². The topological polar surface area (TPSA) is 63.8 Å². The van der Waals surface area contributed by atoms with E-state index in [1.165, 1.54) is 44.1 Å². The number of rotatable bonds is 2. The van der Waals surface area contributed by atoms with E-state index in [4.69, 9.17) is 5.84 Å². The Balaban J connectivity index is 1.70. The summed E-state index contributed by atoms with van der Waals surface area (Å²) >= 11 is 0. The third-order valence-electron chi connectivity index (χ3n) is 5.43. The predicted octanol–water partition coefficient (Wildman–Crippen LogP) is 2.23. The second-order valence-corrected chi connectivity index (χ2v) is 6.64. The highest BCUT2D eigenvalue weighted by molar-refractivity contribution is 5.29. The van der Waals surface area contributed by atoms with Crippen LogP contribution in [0.4, 0.5) is 5.95 Å². The van der Waals surface area contributed by atoms with Crippen molar-refractivity contribution in [3.63, 3.8) is 0 Å². The maximum absolute atomic E-state index is 5.33. The average molecular weight is 244 g/mol. The molecule has 4 bridgehead atoms. The molecule has 4 aliphatic rings. The maximum Gasteiger partial charge on any atom is 0.237 e. The number of nitrogens with one attached hydrogen (secondary N) is 1. The van der Waals surface area contributed by atoms with Gasteiger partial charge in [-0.2, -0.15) is 0 Å². The molecule has 0 aromatic carbocycles. The molecule has 4 aliphatic carbocycles. The van der Waals surface area contributed by atoms with Gasteiger partial charge in [-0.05, 0) is 67.3 Å². The predicted molar refractivity (Wildman–Crippen MR) is 69.7 cm³/mol. The minimum absolute atomic E-state index is 0.391. The molecule has 0 amide bonds. The molecule has 4 fully saturated rings. The fourth-order valence-electron chi connectivity index (χ4n) is 5.14. The summed E-state index contributed by atoms with van der Waals surface area (Å²) in [6.07, 6.45) is 12.5. The van der Waals surface area contributed by atoms with Crippen LogP contribution in [0.3, 0.4) is 0 Å². The van der Waals surface area contributed by atoms with Crippen molar-refractivity contribution in [2.45, 2.75) is 43.9 Å². The van der Waals surface area contributed by atoms with Crippen molar-refractivity contribution in [2.75, 3.05) is 5.43 Å². The first-order chi connectivity index (χ1) is 8.77. The highest BCUT2D eigenvalue weighted by Crippen LogP contribution is 2.60. The van der Waals surface area contributed by atoms with Crippen LogP contribution in [0.5, 0.6) is 0 Å². The van der Waals surface area contributed by atoms with Gasteiger partial charge in [-0.1, -0.05) is 0 Å². The van der Waals surface area contributed by atoms with E-state index >= 15 is 0 Å². The second-order valence-electron chi connectivity index (χ2n) is 6.64. The van der Waals surface area contributed by atoms with E-state index in [2.05, 4.69) is 15.4 Å². The quantitative estimate of drug-likeness (QED) is 0.618. The second kappa shape index (κ2) is 3.67. The average Bonchev–Trinajstić information content (AvgIpc) is 2.37. The minimum atomic E-state index is 0.391. The van der Waals surface area contributed by atoms with Crippen molar-refractivity contribution >= 4 is 5.95 Å². The number of aromatic nitrogens is 2. The number of hydrazine groups is 1. The molecule has 4 nitrogen and oxygen atoms in total. The molecule has 5 rings (SSSR count). The Hall–Kier alpha value is -1.16. The molecular weight excluding hydrogens is 224 g/mol. The highest BCUT2D eigenvalue weighted by atomic mass is 15.3. The van der Waals surface area contributed by atoms with Gasteiger partial charge in [0, 0.05) is 12.4 Å². The molecule has 4 heteroatoms. The molecule has 1 heterocycles. The summed E-state index contributed by atoms with van der Waals surface area (Å²) in [6, 6.07) is 0. The Bertz CT molecular complexity index is 418. The fourth-order valence-corrected chi connectivity index (χ4v) is 5.14. The molecule has 0 atom stereocenters. The SMILES string of the molecule is NNc1ncc(C23CC4CC(CC(C4)C2)C3)cn1. The largest absolute Gasteiger partial charge is 0.292 e. The summed E-state index contributed by atoms with van der Waals surface area (Å²) in [4.78, 5) is 8.61. The Morgan fingerprint density at radius 3 is 1.94 bits per heavy atom. The Labute approximate surface area is 107 Å². The standard InChI is InChI=1S/C14H20N4/c15-18-13-16-7-12(8-17-13)14-4-9-1-10(5-14)3-11(2-9)6-14/h7-11H,1-6,15H2,(H,16,17,18). The monoisotopic (exact) mass is 244 g/mol. The Kier molecular flexibility index (Phi) is 2.19. The number of hydrogen-bond acceptors (Lipinski definition) is 4. The normalized spacial score (nSPS) is 41.1. The molecule has 4 saturated carbocycles. The van der Waals surface area contributed by atoms with Crippen molar-refractivity contribution in [1.29, 1.82) is 0 Å². The van der Waals surface area contributed by atoms with E-state index in [0.717, 1.165) is 17.8 Å². The zero-order chi connectivity index (χ0) is 12.2. The lowest BCUT2D eigenvalue weighted by Crippen LogP contribution is -2.48. The van der Waals surface area contributed by atoms with Crippen LogP contribution >= 0.6 is 0 Å². The van der Waals surface area contributed by atoms with E-state index in [-0.39, 0.29) is 0 Å². The Morgan fingerprint density at radius 2 is 1.50 bits per heavy atom. The molecule has 1 aromatic heterocycles. The summed E-state index contributed by atoms with van der Waals surface area (Å²) in [6.45, 7) is 0. The van der Waals surface area contributed by atoms with Gasteiger partial charge >= 0.3 is 0 Å². The van der Waals surface area contributed by atoms with Crippen LogP contribution in [-0.2, 0) is 5.41 Å². The van der Waals surface area contributed by atoms with Crippen molar-refractivity contribution in [1.82, 2.24) is 9.97 Å². The van der Waals surface area contributed by atoms with Crippen LogP contribution in [0, 0.1) is 17.8 Å². The fraction of sp³-hybridized carbons (Fsp3) is 0.714. The molecule has 96 valence electrons. The van der Waals surface area contributed by atoms with Gasteiger partial charge in [0.1, 0.15) is 0 Å². The minimum Gasteiger partial charge on any atom is -0.292 e. The molecule has 0 saturated heterocycles. The molecule has 0 aliphatic heterocycles. The zero-order valence-electron chi connectivity index (χ0n) is 10.6. The van der Waals surface area contributed by atoms with Crippen LogP contribution in [0.25, 0.3) is 0 Å². The number of anilines is 1. The van der Waals surface area contributed by atoms with Crippen LogP contribution in [0.1, 0.15) is 44.1 Å². The molecule has 3 N–H and O–H groups in total. The summed E-state index contributed by atoms with van der Waals surface area (Å²) < 4.78 is 0. The van der Waals surface area contributed by atoms with Gasteiger partial charge in [0.2, 0.25) is 5.95 Å². The van der Waals surface area contributed by atoms with Gasteiger partial charge in [-0.25, -0.2) is 15.8 Å².